The third kappa shape index (κ3) is 4.80. The van der Waals surface area contributed by atoms with Crippen molar-refractivity contribution in [2.24, 2.45) is 0 Å². The highest BCUT2D eigenvalue weighted by Crippen LogP contribution is 2.21. The maximum Gasteiger partial charge on any atom is 0.0724 e. The molecule has 2 heteroatoms. The topological polar surface area (TPSA) is 21.3 Å². The standard InChI is InChI=1S/C13H25NO/c1-3-4-5-6-7-11-14-12-9-8-10-13(12)15-2/h3,12-14H,1,4-11H2,2H3. The molecule has 2 atom stereocenters. The highest BCUT2D eigenvalue weighted by molar-refractivity contribution is 4.83. The van der Waals surface area contributed by atoms with Crippen molar-refractivity contribution in [2.45, 2.75) is 57.1 Å². The Bertz CT molecular complexity index is 170. The fraction of sp³-hybridized carbons (Fsp3) is 0.846. The number of hydrogen-bond donors (Lipinski definition) is 1. The van der Waals surface area contributed by atoms with Gasteiger partial charge in [-0.1, -0.05) is 12.5 Å². The largest absolute Gasteiger partial charge is 0.380 e. The van der Waals surface area contributed by atoms with E-state index in [9.17, 15) is 0 Å². The summed E-state index contributed by atoms with van der Waals surface area (Å²) in [6, 6.07) is 0.606. The van der Waals surface area contributed by atoms with Crippen molar-refractivity contribution in [1.29, 1.82) is 0 Å². The van der Waals surface area contributed by atoms with Crippen LogP contribution in [0.1, 0.15) is 44.9 Å². The summed E-state index contributed by atoms with van der Waals surface area (Å²) in [6.45, 7) is 4.87. The quantitative estimate of drug-likeness (QED) is 0.492. The van der Waals surface area contributed by atoms with E-state index in [4.69, 9.17) is 4.74 Å². The first-order chi connectivity index (χ1) is 7.38. The Morgan fingerprint density at radius 2 is 2.20 bits per heavy atom. The van der Waals surface area contributed by atoms with Crippen LogP contribution in [0.25, 0.3) is 0 Å². The monoisotopic (exact) mass is 211 g/mol. The summed E-state index contributed by atoms with van der Waals surface area (Å²) in [6.07, 6.45) is 11.3. The van der Waals surface area contributed by atoms with Crippen LogP contribution in [0.4, 0.5) is 0 Å². The van der Waals surface area contributed by atoms with E-state index in [2.05, 4.69) is 11.9 Å². The molecular weight excluding hydrogens is 186 g/mol. The second kappa shape index (κ2) is 7.89. The van der Waals surface area contributed by atoms with Gasteiger partial charge in [-0.2, -0.15) is 0 Å². The van der Waals surface area contributed by atoms with E-state index >= 15 is 0 Å². The first-order valence-corrected chi connectivity index (χ1v) is 6.25. The molecule has 0 bridgehead atoms. The van der Waals surface area contributed by atoms with Gasteiger partial charge >= 0.3 is 0 Å². The molecule has 0 heterocycles. The molecule has 0 aromatic rings. The Labute approximate surface area is 94.1 Å². The van der Waals surface area contributed by atoms with Crippen LogP contribution in [0.2, 0.25) is 0 Å². The number of methoxy groups -OCH3 is 1. The summed E-state index contributed by atoms with van der Waals surface area (Å²) in [5, 5.41) is 3.61. The molecule has 1 saturated carbocycles. The summed E-state index contributed by atoms with van der Waals surface area (Å²) in [5.74, 6) is 0. The zero-order valence-electron chi connectivity index (χ0n) is 10.0. The van der Waals surface area contributed by atoms with Crippen molar-refractivity contribution in [2.75, 3.05) is 13.7 Å². The zero-order valence-corrected chi connectivity index (χ0v) is 10.0. The molecule has 1 aliphatic rings. The minimum absolute atomic E-state index is 0.457. The molecule has 0 saturated heterocycles. The highest BCUT2D eigenvalue weighted by Gasteiger charge is 2.25. The van der Waals surface area contributed by atoms with Crippen LogP contribution in [-0.2, 0) is 4.74 Å². The van der Waals surface area contributed by atoms with Crippen LogP contribution in [0.3, 0.4) is 0 Å². The van der Waals surface area contributed by atoms with Crippen LogP contribution >= 0.6 is 0 Å². The summed E-state index contributed by atoms with van der Waals surface area (Å²) in [5.41, 5.74) is 0. The summed E-state index contributed by atoms with van der Waals surface area (Å²) < 4.78 is 5.44. The number of ether oxygens (including phenoxy) is 1. The first-order valence-electron chi connectivity index (χ1n) is 6.25. The van der Waals surface area contributed by atoms with Crippen molar-refractivity contribution in [3.63, 3.8) is 0 Å². The zero-order chi connectivity index (χ0) is 10.9. The van der Waals surface area contributed by atoms with Gasteiger partial charge in [0.05, 0.1) is 6.10 Å². The lowest BCUT2D eigenvalue weighted by molar-refractivity contribution is 0.0852. The summed E-state index contributed by atoms with van der Waals surface area (Å²) in [7, 11) is 1.83. The SMILES string of the molecule is C=CCCCCCNC1CCCC1OC. The Kier molecular flexibility index (Phi) is 6.69. The minimum Gasteiger partial charge on any atom is -0.380 e. The second-order valence-electron chi connectivity index (χ2n) is 4.40. The number of unbranched alkanes of at least 4 members (excludes halogenated alkanes) is 3. The molecule has 0 aromatic heterocycles. The molecule has 15 heavy (non-hydrogen) atoms. The lowest BCUT2D eigenvalue weighted by atomic mass is 10.1. The molecule has 2 nitrogen and oxygen atoms in total. The molecule has 0 aromatic carbocycles. The fourth-order valence-corrected chi connectivity index (χ4v) is 2.32. The number of hydrogen-bond acceptors (Lipinski definition) is 2. The molecule has 88 valence electrons. The molecule has 1 N–H and O–H groups in total. The van der Waals surface area contributed by atoms with Gasteiger partial charge in [0.25, 0.3) is 0 Å². The van der Waals surface area contributed by atoms with E-state index < -0.39 is 0 Å². The molecule has 2 unspecified atom stereocenters. The van der Waals surface area contributed by atoms with Crippen molar-refractivity contribution in [1.82, 2.24) is 5.32 Å². The van der Waals surface area contributed by atoms with Gasteiger partial charge in [-0.3, -0.25) is 0 Å². The van der Waals surface area contributed by atoms with Crippen molar-refractivity contribution < 1.29 is 4.74 Å². The first kappa shape index (κ1) is 12.7. The van der Waals surface area contributed by atoms with E-state index in [1.54, 1.807) is 0 Å². The minimum atomic E-state index is 0.457. The van der Waals surface area contributed by atoms with Gasteiger partial charge in [0.1, 0.15) is 0 Å². The predicted molar refractivity (Wildman–Crippen MR) is 65.1 cm³/mol. The van der Waals surface area contributed by atoms with Crippen LogP contribution in [0, 0.1) is 0 Å². The van der Waals surface area contributed by atoms with E-state index in [1.807, 2.05) is 13.2 Å². The molecular formula is C13H25NO. The molecule has 0 amide bonds. The Hall–Kier alpha value is -0.340. The van der Waals surface area contributed by atoms with Gasteiger partial charge in [-0.15, -0.1) is 6.58 Å². The molecule has 0 radical (unpaired) electrons. The van der Waals surface area contributed by atoms with E-state index in [1.165, 1.54) is 38.5 Å². The molecule has 1 fully saturated rings. The lowest BCUT2D eigenvalue weighted by Crippen LogP contribution is -2.37. The predicted octanol–water partition coefficient (Wildman–Crippen LogP) is 2.89. The number of allylic oxidation sites excluding steroid dienone is 1. The molecule has 1 rings (SSSR count). The van der Waals surface area contributed by atoms with Gasteiger partial charge in [-0.05, 0) is 45.1 Å². The van der Waals surface area contributed by atoms with Crippen LogP contribution in [0.5, 0.6) is 0 Å². The van der Waals surface area contributed by atoms with Gasteiger partial charge < -0.3 is 10.1 Å². The van der Waals surface area contributed by atoms with E-state index in [-0.39, 0.29) is 0 Å². The number of nitrogens with one attached hydrogen (secondary N) is 1. The Morgan fingerprint density at radius 3 is 2.93 bits per heavy atom. The van der Waals surface area contributed by atoms with Crippen molar-refractivity contribution in [3.05, 3.63) is 12.7 Å². The van der Waals surface area contributed by atoms with Gasteiger partial charge in [0.2, 0.25) is 0 Å². The third-order valence-electron chi connectivity index (χ3n) is 3.25. The summed E-state index contributed by atoms with van der Waals surface area (Å²) >= 11 is 0. The van der Waals surface area contributed by atoms with Crippen LogP contribution in [-0.4, -0.2) is 25.8 Å². The van der Waals surface area contributed by atoms with Crippen LogP contribution in [0.15, 0.2) is 12.7 Å². The Morgan fingerprint density at radius 1 is 1.33 bits per heavy atom. The summed E-state index contributed by atoms with van der Waals surface area (Å²) in [4.78, 5) is 0. The van der Waals surface area contributed by atoms with E-state index in [0.717, 1.165) is 13.0 Å². The second-order valence-corrected chi connectivity index (χ2v) is 4.40. The average Bonchev–Trinajstić information content (AvgIpc) is 2.70. The molecule has 0 aliphatic heterocycles. The van der Waals surface area contributed by atoms with Gasteiger partial charge in [-0.25, -0.2) is 0 Å². The maximum atomic E-state index is 5.44. The molecule has 1 aliphatic carbocycles. The van der Waals surface area contributed by atoms with E-state index in [0.29, 0.717) is 12.1 Å². The fourth-order valence-electron chi connectivity index (χ4n) is 2.32. The highest BCUT2D eigenvalue weighted by atomic mass is 16.5. The van der Waals surface area contributed by atoms with Crippen molar-refractivity contribution >= 4 is 0 Å². The average molecular weight is 211 g/mol. The number of rotatable bonds is 8. The van der Waals surface area contributed by atoms with Gasteiger partial charge in [0, 0.05) is 13.2 Å². The van der Waals surface area contributed by atoms with Crippen LogP contribution < -0.4 is 5.32 Å². The maximum absolute atomic E-state index is 5.44. The molecule has 0 spiro atoms. The van der Waals surface area contributed by atoms with Crippen molar-refractivity contribution in [3.8, 4) is 0 Å². The smallest absolute Gasteiger partial charge is 0.0724 e. The third-order valence-corrected chi connectivity index (χ3v) is 3.25. The van der Waals surface area contributed by atoms with Gasteiger partial charge in [0.15, 0.2) is 0 Å². The normalized spacial score (nSPS) is 25.7. The Balaban J connectivity index is 1.97. The lowest BCUT2D eigenvalue weighted by Gasteiger charge is -2.19.